The standard InChI is InChI=1S/C19H21NO4S/c1-12-5-7-17(9-13(12)2)24-19(21)15-6-8-18-16(11-15)10-14(3)20(18)25(4,22)23/h5-9,11,14H,10H2,1-4H3/t14-/m0/s1. The Kier molecular flexibility index (Phi) is 4.33. The zero-order valence-electron chi connectivity index (χ0n) is 14.7. The van der Waals surface area contributed by atoms with E-state index in [1.807, 2.05) is 32.9 Å². The first kappa shape index (κ1) is 17.5. The van der Waals surface area contributed by atoms with Crippen LogP contribution in [0.15, 0.2) is 36.4 Å². The second-order valence-corrected chi connectivity index (χ2v) is 8.45. The van der Waals surface area contributed by atoms with E-state index in [1.165, 1.54) is 10.6 Å². The van der Waals surface area contributed by atoms with Crippen molar-refractivity contribution in [2.24, 2.45) is 0 Å². The molecule has 0 N–H and O–H groups in total. The number of carbonyl (C=O) groups is 1. The van der Waals surface area contributed by atoms with Gasteiger partial charge in [0, 0.05) is 6.04 Å². The number of benzene rings is 2. The van der Waals surface area contributed by atoms with E-state index in [0.29, 0.717) is 23.4 Å². The van der Waals surface area contributed by atoms with Gasteiger partial charge in [-0.05, 0) is 74.2 Å². The summed E-state index contributed by atoms with van der Waals surface area (Å²) in [5.41, 5.74) is 4.08. The first-order chi connectivity index (χ1) is 11.7. The minimum absolute atomic E-state index is 0.156. The van der Waals surface area contributed by atoms with Crippen LogP contribution in [0.25, 0.3) is 0 Å². The molecule has 0 aliphatic carbocycles. The molecule has 0 unspecified atom stereocenters. The third kappa shape index (κ3) is 3.39. The highest BCUT2D eigenvalue weighted by molar-refractivity contribution is 7.92. The quantitative estimate of drug-likeness (QED) is 0.623. The van der Waals surface area contributed by atoms with Crippen molar-refractivity contribution in [3.05, 3.63) is 58.7 Å². The van der Waals surface area contributed by atoms with Crippen molar-refractivity contribution in [1.82, 2.24) is 0 Å². The van der Waals surface area contributed by atoms with Gasteiger partial charge in [0.1, 0.15) is 5.75 Å². The van der Waals surface area contributed by atoms with E-state index in [2.05, 4.69) is 0 Å². The fraction of sp³-hybridized carbons (Fsp3) is 0.316. The summed E-state index contributed by atoms with van der Waals surface area (Å²) < 4.78 is 30.8. The van der Waals surface area contributed by atoms with Crippen molar-refractivity contribution in [3.8, 4) is 5.75 Å². The molecule has 132 valence electrons. The Bertz CT molecular complexity index is 950. The lowest BCUT2D eigenvalue weighted by Crippen LogP contribution is -2.34. The number of hydrogen-bond acceptors (Lipinski definition) is 4. The first-order valence-electron chi connectivity index (χ1n) is 8.08. The Hall–Kier alpha value is -2.34. The Morgan fingerprint density at radius 2 is 1.84 bits per heavy atom. The van der Waals surface area contributed by atoms with Crippen LogP contribution in [0.4, 0.5) is 5.69 Å². The summed E-state index contributed by atoms with van der Waals surface area (Å²) in [4.78, 5) is 12.4. The van der Waals surface area contributed by atoms with Crippen molar-refractivity contribution in [2.45, 2.75) is 33.2 Å². The molecule has 0 bridgehead atoms. The van der Waals surface area contributed by atoms with E-state index in [0.717, 1.165) is 16.7 Å². The Morgan fingerprint density at radius 3 is 2.48 bits per heavy atom. The monoisotopic (exact) mass is 359 g/mol. The summed E-state index contributed by atoms with van der Waals surface area (Å²) in [6.07, 6.45) is 1.77. The van der Waals surface area contributed by atoms with Gasteiger partial charge in [-0.2, -0.15) is 0 Å². The molecule has 0 amide bonds. The molecule has 0 saturated carbocycles. The van der Waals surface area contributed by atoms with Crippen LogP contribution in [0, 0.1) is 13.8 Å². The fourth-order valence-electron chi connectivity index (χ4n) is 3.18. The van der Waals surface area contributed by atoms with Gasteiger partial charge in [0.05, 0.1) is 17.5 Å². The highest BCUT2D eigenvalue weighted by Crippen LogP contribution is 2.34. The summed E-state index contributed by atoms with van der Waals surface area (Å²) >= 11 is 0. The van der Waals surface area contributed by atoms with Crippen molar-refractivity contribution in [3.63, 3.8) is 0 Å². The second-order valence-electron chi connectivity index (χ2n) is 6.59. The van der Waals surface area contributed by atoms with Gasteiger partial charge in [-0.25, -0.2) is 13.2 Å². The van der Waals surface area contributed by atoms with Gasteiger partial charge in [-0.15, -0.1) is 0 Å². The largest absolute Gasteiger partial charge is 0.423 e. The molecule has 1 atom stereocenters. The molecule has 6 heteroatoms. The van der Waals surface area contributed by atoms with Crippen molar-refractivity contribution >= 4 is 21.7 Å². The van der Waals surface area contributed by atoms with Gasteiger partial charge >= 0.3 is 5.97 Å². The molecule has 0 spiro atoms. The number of hydrogen-bond donors (Lipinski definition) is 0. The Morgan fingerprint density at radius 1 is 1.12 bits per heavy atom. The molecule has 2 aromatic carbocycles. The van der Waals surface area contributed by atoms with Crippen molar-refractivity contribution < 1.29 is 17.9 Å². The third-order valence-electron chi connectivity index (χ3n) is 4.51. The zero-order chi connectivity index (χ0) is 18.4. The van der Waals surface area contributed by atoms with Crippen molar-refractivity contribution in [1.29, 1.82) is 0 Å². The maximum absolute atomic E-state index is 12.4. The average molecular weight is 359 g/mol. The number of nitrogens with zero attached hydrogens (tertiary/aromatic N) is 1. The van der Waals surface area contributed by atoms with Crippen LogP contribution in [-0.2, 0) is 16.4 Å². The molecule has 2 aromatic rings. The lowest BCUT2D eigenvalue weighted by atomic mass is 10.1. The molecule has 1 aliphatic rings. The van der Waals surface area contributed by atoms with Crippen molar-refractivity contribution in [2.75, 3.05) is 10.6 Å². The van der Waals surface area contributed by atoms with Gasteiger partial charge in [-0.3, -0.25) is 4.31 Å². The summed E-state index contributed by atoms with van der Waals surface area (Å²) in [6.45, 7) is 5.81. The van der Waals surface area contributed by atoms with Crippen LogP contribution in [0.5, 0.6) is 5.75 Å². The maximum Gasteiger partial charge on any atom is 0.343 e. The molecule has 0 fully saturated rings. The summed E-state index contributed by atoms with van der Waals surface area (Å²) in [5, 5.41) is 0. The molecule has 1 heterocycles. The highest BCUT2D eigenvalue weighted by Gasteiger charge is 2.32. The van der Waals surface area contributed by atoms with E-state index in [4.69, 9.17) is 4.74 Å². The Balaban J connectivity index is 1.86. The summed E-state index contributed by atoms with van der Waals surface area (Å²) in [6, 6.07) is 10.4. The number of sulfonamides is 1. The molecular weight excluding hydrogens is 338 g/mol. The molecule has 0 saturated heterocycles. The number of rotatable bonds is 3. The maximum atomic E-state index is 12.4. The topological polar surface area (TPSA) is 63.7 Å². The van der Waals surface area contributed by atoms with Gasteiger partial charge in [-0.1, -0.05) is 6.07 Å². The van der Waals surface area contributed by atoms with Crippen LogP contribution in [0.1, 0.15) is 34.0 Å². The van der Waals surface area contributed by atoms with Gasteiger partial charge in [0.25, 0.3) is 0 Å². The molecule has 25 heavy (non-hydrogen) atoms. The van der Waals surface area contributed by atoms with Crippen LogP contribution >= 0.6 is 0 Å². The highest BCUT2D eigenvalue weighted by atomic mass is 32.2. The number of anilines is 1. The number of esters is 1. The van der Waals surface area contributed by atoms with Gasteiger partial charge < -0.3 is 4.74 Å². The number of fused-ring (bicyclic) bond motifs is 1. The predicted octanol–water partition coefficient (Wildman–Crippen LogP) is 3.23. The van der Waals surface area contributed by atoms with Crippen LogP contribution in [0.3, 0.4) is 0 Å². The fourth-order valence-corrected chi connectivity index (χ4v) is 4.44. The molecule has 3 rings (SSSR count). The average Bonchev–Trinajstić information content (AvgIpc) is 2.85. The number of carbonyl (C=O) groups excluding carboxylic acids is 1. The molecule has 0 radical (unpaired) electrons. The predicted molar refractivity (Wildman–Crippen MR) is 97.8 cm³/mol. The minimum atomic E-state index is -3.34. The summed E-state index contributed by atoms with van der Waals surface area (Å²) in [7, 11) is -3.34. The SMILES string of the molecule is Cc1ccc(OC(=O)c2ccc3c(c2)C[C@H](C)N3S(C)(=O)=O)cc1C. The summed E-state index contributed by atoms with van der Waals surface area (Å²) in [5.74, 6) is 0.0521. The minimum Gasteiger partial charge on any atom is -0.423 e. The second kappa shape index (κ2) is 6.19. The van der Waals surface area contributed by atoms with E-state index in [9.17, 15) is 13.2 Å². The molecule has 1 aliphatic heterocycles. The van der Waals surface area contributed by atoms with Crippen LogP contribution in [0.2, 0.25) is 0 Å². The lowest BCUT2D eigenvalue weighted by molar-refractivity contribution is 0.0734. The van der Waals surface area contributed by atoms with Gasteiger partial charge in [0.15, 0.2) is 0 Å². The Labute approximate surface area is 148 Å². The van der Waals surface area contributed by atoms with E-state index in [1.54, 1.807) is 24.3 Å². The van der Waals surface area contributed by atoms with Gasteiger partial charge in [0.2, 0.25) is 10.0 Å². The number of aryl methyl sites for hydroxylation is 2. The van der Waals surface area contributed by atoms with Crippen LogP contribution in [-0.4, -0.2) is 26.7 Å². The van der Waals surface area contributed by atoms with E-state index >= 15 is 0 Å². The van der Waals surface area contributed by atoms with E-state index < -0.39 is 16.0 Å². The number of ether oxygens (including phenoxy) is 1. The first-order valence-corrected chi connectivity index (χ1v) is 9.93. The lowest BCUT2D eigenvalue weighted by Gasteiger charge is -2.21. The van der Waals surface area contributed by atoms with Crippen LogP contribution < -0.4 is 9.04 Å². The van der Waals surface area contributed by atoms with E-state index in [-0.39, 0.29) is 6.04 Å². The third-order valence-corrected chi connectivity index (χ3v) is 5.79. The normalized spacial score (nSPS) is 16.6. The molecule has 0 aromatic heterocycles. The smallest absolute Gasteiger partial charge is 0.343 e. The molecular formula is C19H21NO4S. The zero-order valence-corrected chi connectivity index (χ0v) is 15.6. The molecule has 5 nitrogen and oxygen atoms in total.